The summed E-state index contributed by atoms with van der Waals surface area (Å²) < 4.78 is 0. The van der Waals surface area contributed by atoms with Gasteiger partial charge in [-0.1, -0.05) is 42.5 Å². The van der Waals surface area contributed by atoms with E-state index < -0.39 is 0 Å². The van der Waals surface area contributed by atoms with E-state index in [-0.39, 0.29) is 6.04 Å². The molecule has 0 amide bonds. The van der Waals surface area contributed by atoms with Crippen LogP contribution in [0.25, 0.3) is 0 Å². The second-order valence-electron chi connectivity index (χ2n) is 5.04. The van der Waals surface area contributed by atoms with Crippen LogP contribution in [0.1, 0.15) is 18.1 Å². The third-order valence-electron chi connectivity index (χ3n) is 3.10. The Kier molecular flexibility index (Phi) is 4.99. The lowest BCUT2D eigenvalue weighted by Crippen LogP contribution is -2.17. The summed E-state index contributed by atoms with van der Waals surface area (Å²) in [4.78, 5) is 0. The number of benzene rings is 2. The highest BCUT2D eigenvalue weighted by Crippen LogP contribution is 2.11. The van der Waals surface area contributed by atoms with Gasteiger partial charge in [0.1, 0.15) is 0 Å². The number of nitrogens with one attached hydrogen (secondary N) is 1. The van der Waals surface area contributed by atoms with Gasteiger partial charge in [0.05, 0.1) is 0 Å². The van der Waals surface area contributed by atoms with Crippen molar-refractivity contribution in [2.75, 3.05) is 11.9 Å². The van der Waals surface area contributed by atoms with Gasteiger partial charge in [-0.25, -0.2) is 0 Å². The Labute approximate surface area is 115 Å². The quantitative estimate of drug-likeness (QED) is 0.830. The minimum absolute atomic E-state index is 0.219. The van der Waals surface area contributed by atoms with Gasteiger partial charge in [0.25, 0.3) is 0 Å². The molecule has 0 aliphatic heterocycles. The predicted octanol–water partition coefficient (Wildman–Crippen LogP) is 3.23. The fourth-order valence-corrected chi connectivity index (χ4v) is 2.13. The Morgan fingerprint density at radius 2 is 1.63 bits per heavy atom. The fraction of sp³-hybridized carbons (Fsp3) is 0.294. The molecule has 1 atom stereocenters. The van der Waals surface area contributed by atoms with E-state index in [9.17, 15) is 0 Å². The molecule has 0 fully saturated rings. The number of nitrogens with two attached hydrogens (primary N) is 1. The summed E-state index contributed by atoms with van der Waals surface area (Å²) >= 11 is 0. The van der Waals surface area contributed by atoms with Crippen molar-refractivity contribution in [2.24, 2.45) is 5.73 Å². The standard InChI is InChI=1S/C17H22N2/c1-14(18)13-16-7-9-17(10-8-16)19-12-11-15-5-3-2-4-6-15/h2-10,14,19H,11-13,18H2,1H3/t14-/m1/s1. The summed E-state index contributed by atoms with van der Waals surface area (Å²) in [5, 5.41) is 3.44. The van der Waals surface area contributed by atoms with Crippen molar-refractivity contribution in [3.63, 3.8) is 0 Å². The second kappa shape index (κ2) is 6.95. The molecule has 100 valence electrons. The predicted molar refractivity (Wildman–Crippen MR) is 82.4 cm³/mol. The zero-order valence-electron chi connectivity index (χ0n) is 11.5. The molecule has 0 unspecified atom stereocenters. The minimum Gasteiger partial charge on any atom is -0.385 e. The molecular weight excluding hydrogens is 232 g/mol. The van der Waals surface area contributed by atoms with Crippen LogP contribution in [0.5, 0.6) is 0 Å². The molecule has 2 nitrogen and oxygen atoms in total. The van der Waals surface area contributed by atoms with Gasteiger partial charge >= 0.3 is 0 Å². The third-order valence-corrected chi connectivity index (χ3v) is 3.10. The summed E-state index contributed by atoms with van der Waals surface area (Å²) in [6.45, 7) is 2.99. The number of hydrogen-bond acceptors (Lipinski definition) is 2. The summed E-state index contributed by atoms with van der Waals surface area (Å²) in [5.41, 5.74) is 9.62. The highest BCUT2D eigenvalue weighted by molar-refractivity contribution is 5.44. The van der Waals surface area contributed by atoms with Crippen molar-refractivity contribution < 1.29 is 0 Å². The van der Waals surface area contributed by atoms with Crippen LogP contribution in [0.15, 0.2) is 54.6 Å². The van der Waals surface area contributed by atoms with Crippen LogP contribution >= 0.6 is 0 Å². The molecule has 0 aliphatic rings. The average molecular weight is 254 g/mol. The lowest BCUT2D eigenvalue weighted by molar-refractivity contribution is 0.738. The molecule has 2 aromatic carbocycles. The average Bonchev–Trinajstić information content (AvgIpc) is 2.41. The zero-order valence-corrected chi connectivity index (χ0v) is 11.5. The summed E-state index contributed by atoms with van der Waals surface area (Å²) in [6.07, 6.45) is 1.98. The van der Waals surface area contributed by atoms with Gasteiger partial charge in [0.2, 0.25) is 0 Å². The smallest absolute Gasteiger partial charge is 0.0340 e. The molecule has 0 aliphatic carbocycles. The van der Waals surface area contributed by atoms with Gasteiger partial charge in [-0.3, -0.25) is 0 Å². The van der Waals surface area contributed by atoms with Gasteiger partial charge in [0, 0.05) is 18.3 Å². The molecule has 2 aromatic rings. The Bertz CT molecular complexity index is 474. The maximum absolute atomic E-state index is 5.79. The molecule has 0 saturated heterocycles. The maximum Gasteiger partial charge on any atom is 0.0340 e. The van der Waals surface area contributed by atoms with Crippen molar-refractivity contribution in [3.8, 4) is 0 Å². The van der Waals surface area contributed by atoms with Crippen LogP contribution in [-0.2, 0) is 12.8 Å². The zero-order chi connectivity index (χ0) is 13.5. The normalized spacial score (nSPS) is 12.1. The van der Waals surface area contributed by atoms with E-state index in [2.05, 4.69) is 53.8 Å². The minimum atomic E-state index is 0.219. The Morgan fingerprint density at radius 3 is 2.26 bits per heavy atom. The van der Waals surface area contributed by atoms with Crippen LogP contribution in [0.2, 0.25) is 0 Å². The number of hydrogen-bond donors (Lipinski definition) is 2. The fourth-order valence-electron chi connectivity index (χ4n) is 2.13. The van der Waals surface area contributed by atoms with E-state index in [1.807, 2.05) is 13.0 Å². The van der Waals surface area contributed by atoms with E-state index >= 15 is 0 Å². The van der Waals surface area contributed by atoms with E-state index in [1.54, 1.807) is 0 Å². The topological polar surface area (TPSA) is 38.0 Å². The first kappa shape index (κ1) is 13.6. The molecule has 19 heavy (non-hydrogen) atoms. The first-order chi connectivity index (χ1) is 9.24. The highest BCUT2D eigenvalue weighted by atomic mass is 14.9. The van der Waals surface area contributed by atoms with E-state index in [0.717, 1.165) is 19.4 Å². The molecule has 0 saturated carbocycles. The second-order valence-corrected chi connectivity index (χ2v) is 5.04. The van der Waals surface area contributed by atoms with Crippen molar-refractivity contribution in [2.45, 2.75) is 25.8 Å². The summed E-state index contributed by atoms with van der Waals surface area (Å²) in [6, 6.07) is 19.3. The molecule has 0 heterocycles. The maximum atomic E-state index is 5.79. The first-order valence-corrected chi connectivity index (χ1v) is 6.86. The van der Waals surface area contributed by atoms with Gasteiger partial charge in [-0.2, -0.15) is 0 Å². The molecule has 2 rings (SSSR count). The van der Waals surface area contributed by atoms with Crippen molar-refractivity contribution in [1.82, 2.24) is 0 Å². The lowest BCUT2D eigenvalue weighted by Gasteiger charge is -2.09. The van der Waals surface area contributed by atoms with Gasteiger partial charge in [-0.05, 0) is 43.0 Å². The molecule has 3 N–H and O–H groups in total. The van der Waals surface area contributed by atoms with Crippen LogP contribution in [-0.4, -0.2) is 12.6 Å². The van der Waals surface area contributed by atoms with Gasteiger partial charge < -0.3 is 11.1 Å². The van der Waals surface area contributed by atoms with Crippen molar-refractivity contribution in [3.05, 3.63) is 65.7 Å². The monoisotopic (exact) mass is 254 g/mol. The SMILES string of the molecule is C[C@@H](N)Cc1ccc(NCCc2ccccc2)cc1. The Hall–Kier alpha value is -1.80. The van der Waals surface area contributed by atoms with Crippen LogP contribution in [0.3, 0.4) is 0 Å². The molecular formula is C17H22N2. The van der Waals surface area contributed by atoms with Crippen LogP contribution in [0.4, 0.5) is 5.69 Å². The van der Waals surface area contributed by atoms with Crippen molar-refractivity contribution >= 4 is 5.69 Å². The summed E-state index contributed by atoms with van der Waals surface area (Å²) in [7, 11) is 0. The summed E-state index contributed by atoms with van der Waals surface area (Å²) in [5.74, 6) is 0. The van der Waals surface area contributed by atoms with E-state index in [0.29, 0.717) is 0 Å². The molecule has 2 heteroatoms. The third kappa shape index (κ3) is 4.76. The molecule has 0 spiro atoms. The van der Waals surface area contributed by atoms with Gasteiger partial charge in [-0.15, -0.1) is 0 Å². The van der Waals surface area contributed by atoms with E-state index in [4.69, 9.17) is 5.73 Å². The Balaban J connectivity index is 1.80. The van der Waals surface area contributed by atoms with Crippen LogP contribution < -0.4 is 11.1 Å². The Morgan fingerprint density at radius 1 is 0.947 bits per heavy atom. The van der Waals surface area contributed by atoms with E-state index in [1.165, 1.54) is 16.8 Å². The highest BCUT2D eigenvalue weighted by Gasteiger charge is 1.98. The van der Waals surface area contributed by atoms with Crippen LogP contribution in [0, 0.1) is 0 Å². The number of rotatable bonds is 6. The number of anilines is 1. The van der Waals surface area contributed by atoms with Crippen molar-refractivity contribution in [1.29, 1.82) is 0 Å². The molecule has 0 bridgehead atoms. The first-order valence-electron chi connectivity index (χ1n) is 6.86. The lowest BCUT2D eigenvalue weighted by atomic mass is 10.1. The largest absolute Gasteiger partial charge is 0.385 e. The van der Waals surface area contributed by atoms with Gasteiger partial charge in [0.15, 0.2) is 0 Å². The molecule has 0 aromatic heterocycles. The molecule has 0 radical (unpaired) electrons.